The van der Waals surface area contributed by atoms with Gasteiger partial charge in [-0.15, -0.1) is 0 Å². The number of amides is 2. The van der Waals surface area contributed by atoms with E-state index >= 15 is 0 Å². The monoisotopic (exact) mass is 456 g/mol. The van der Waals surface area contributed by atoms with Crippen LogP contribution in [0.15, 0.2) is 58.7 Å². The van der Waals surface area contributed by atoms with Gasteiger partial charge in [-0.3, -0.25) is 9.59 Å². The van der Waals surface area contributed by atoms with E-state index in [0.29, 0.717) is 11.6 Å². The number of benzene rings is 1. The fourth-order valence-electron chi connectivity index (χ4n) is 3.44. The van der Waals surface area contributed by atoms with Crippen LogP contribution in [0.5, 0.6) is 5.75 Å². The minimum absolute atomic E-state index is 0.0479. The standard InChI is InChI=1S/C21H29NO2.C6H11NO2/c1-7-16(3)19(12-15(2)11-17(4)21(23)22-5)13-18-9-8-10-20(14-18)24-6;8-5-7-6-1-3-9-4-2-6/h8-12,14H,7,13H2,1-6H3,(H,22,23);5-6H,1-4H2,(H,7,8)/b15-12-,17-11+,19-16-;. The van der Waals surface area contributed by atoms with Crippen molar-refractivity contribution in [1.82, 2.24) is 10.6 Å². The van der Waals surface area contributed by atoms with Crippen LogP contribution in [0.25, 0.3) is 0 Å². The van der Waals surface area contributed by atoms with E-state index in [1.165, 1.54) is 16.7 Å². The normalized spacial score (nSPS) is 15.6. The zero-order valence-corrected chi connectivity index (χ0v) is 21.0. The Morgan fingerprint density at radius 2 is 1.88 bits per heavy atom. The van der Waals surface area contributed by atoms with Gasteiger partial charge in [0.15, 0.2) is 0 Å². The van der Waals surface area contributed by atoms with Gasteiger partial charge in [-0.1, -0.05) is 42.4 Å². The lowest BCUT2D eigenvalue weighted by atomic mass is 9.96. The first-order chi connectivity index (χ1) is 15.8. The van der Waals surface area contributed by atoms with Crippen molar-refractivity contribution >= 4 is 12.3 Å². The van der Waals surface area contributed by atoms with E-state index in [1.54, 1.807) is 14.2 Å². The van der Waals surface area contributed by atoms with Crippen molar-refractivity contribution in [2.24, 2.45) is 0 Å². The average Bonchev–Trinajstić information content (AvgIpc) is 2.83. The minimum atomic E-state index is -0.0479. The van der Waals surface area contributed by atoms with E-state index in [2.05, 4.69) is 42.7 Å². The van der Waals surface area contributed by atoms with Gasteiger partial charge >= 0.3 is 0 Å². The molecule has 0 saturated carbocycles. The second kappa shape index (κ2) is 15.9. The Bertz CT molecular complexity index is 849. The third-order valence-corrected chi connectivity index (χ3v) is 5.56. The second-order valence-corrected chi connectivity index (χ2v) is 8.15. The van der Waals surface area contributed by atoms with Gasteiger partial charge in [0, 0.05) is 31.9 Å². The first-order valence-corrected chi connectivity index (χ1v) is 11.5. The smallest absolute Gasteiger partial charge is 0.246 e. The van der Waals surface area contributed by atoms with Crippen molar-refractivity contribution in [3.8, 4) is 5.75 Å². The molecule has 1 aromatic carbocycles. The molecule has 1 aliphatic rings. The van der Waals surface area contributed by atoms with E-state index in [1.807, 2.05) is 32.1 Å². The minimum Gasteiger partial charge on any atom is -0.497 e. The number of allylic oxidation sites excluding steroid dienone is 5. The predicted molar refractivity (Wildman–Crippen MR) is 134 cm³/mol. The number of hydrogen-bond acceptors (Lipinski definition) is 4. The van der Waals surface area contributed by atoms with E-state index in [9.17, 15) is 9.59 Å². The van der Waals surface area contributed by atoms with Gasteiger partial charge in [0.05, 0.1) is 7.11 Å². The van der Waals surface area contributed by atoms with Gasteiger partial charge in [0.2, 0.25) is 12.3 Å². The molecular weight excluding hydrogens is 416 g/mol. The third-order valence-electron chi connectivity index (χ3n) is 5.56. The Labute approximate surface area is 199 Å². The largest absolute Gasteiger partial charge is 0.497 e. The molecule has 0 aromatic heterocycles. The molecule has 0 atom stereocenters. The van der Waals surface area contributed by atoms with Crippen molar-refractivity contribution in [3.63, 3.8) is 0 Å². The molecule has 1 fully saturated rings. The SMILES string of the molecule is CC/C(C)=C(/C=C(C)\C=C(/C)C(=O)NC)Cc1cccc(OC)c1.O=CNC1CCOCC1. The van der Waals surface area contributed by atoms with Crippen LogP contribution in [0, 0.1) is 0 Å². The van der Waals surface area contributed by atoms with Crippen LogP contribution in [0.4, 0.5) is 0 Å². The summed E-state index contributed by atoms with van der Waals surface area (Å²) in [5.41, 5.74) is 5.63. The number of hydrogen-bond donors (Lipinski definition) is 2. The summed E-state index contributed by atoms with van der Waals surface area (Å²) in [6.07, 6.45) is 8.62. The number of ether oxygens (including phenoxy) is 2. The van der Waals surface area contributed by atoms with Crippen molar-refractivity contribution in [2.75, 3.05) is 27.4 Å². The molecule has 182 valence electrons. The van der Waals surface area contributed by atoms with Crippen LogP contribution in [-0.4, -0.2) is 45.7 Å². The molecule has 2 N–H and O–H groups in total. The molecule has 1 saturated heterocycles. The van der Waals surface area contributed by atoms with Gasteiger partial charge < -0.3 is 20.1 Å². The van der Waals surface area contributed by atoms with Gasteiger partial charge in [0.1, 0.15) is 5.75 Å². The van der Waals surface area contributed by atoms with Crippen molar-refractivity contribution in [1.29, 1.82) is 0 Å². The van der Waals surface area contributed by atoms with Crippen molar-refractivity contribution < 1.29 is 19.1 Å². The summed E-state index contributed by atoms with van der Waals surface area (Å²) < 4.78 is 10.4. The Morgan fingerprint density at radius 3 is 2.45 bits per heavy atom. The zero-order valence-electron chi connectivity index (χ0n) is 21.0. The number of carbonyl (C=O) groups excluding carboxylic acids is 2. The summed E-state index contributed by atoms with van der Waals surface area (Å²) in [6.45, 7) is 9.75. The maximum atomic E-state index is 11.7. The molecule has 1 aliphatic heterocycles. The van der Waals surface area contributed by atoms with Crippen LogP contribution in [0.2, 0.25) is 0 Å². The van der Waals surface area contributed by atoms with Crippen LogP contribution in [0.1, 0.15) is 52.5 Å². The average molecular weight is 457 g/mol. The van der Waals surface area contributed by atoms with Crippen LogP contribution >= 0.6 is 0 Å². The Kier molecular flexibility index (Phi) is 13.5. The Morgan fingerprint density at radius 1 is 1.18 bits per heavy atom. The van der Waals surface area contributed by atoms with Crippen molar-refractivity contribution in [2.45, 2.75) is 59.4 Å². The van der Waals surface area contributed by atoms with Crippen LogP contribution in [0.3, 0.4) is 0 Å². The lowest BCUT2D eigenvalue weighted by molar-refractivity contribution is -0.117. The van der Waals surface area contributed by atoms with Gasteiger partial charge in [-0.05, 0) is 69.7 Å². The first-order valence-electron chi connectivity index (χ1n) is 11.5. The number of methoxy groups -OCH3 is 1. The number of rotatable bonds is 9. The molecule has 0 radical (unpaired) electrons. The van der Waals surface area contributed by atoms with Crippen LogP contribution in [-0.2, 0) is 20.7 Å². The van der Waals surface area contributed by atoms with Gasteiger partial charge in [0.25, 0.3) is 0 Å². The van der Waals surface area contributed by atoms with Crippen LogP contribution < -0.4 is 15.4 Å². The molecule has 0 bridgehead atoms. The van der Waals surface area contributed by atoms with Gasteiger partial charge in [-0.25, -0.2) is 0 Å². The fourth-order valence-corrected chi connectivity index (χ4v) is 3.44. The quantitative estimate of drug-likeness (QED) is 0.326. The number of likely N-dealkylation sites (N-methyl/N-ethyl adjacent to an activating group) is 1. The molecule has 1 aromatic rings. The first kappa shape index (κ1) is 28.2. The third kappa shape index (κ3) is 11.0. The molecule has 2 rings (SSSR count). The summed E-state index contributed by atoms with van der Waals surface area (Å²) >= 11 is 0. The second-order valence-electron chi connectivity index (χ2n) is 8.15. The van der Waals surface area contributed by atoms with Gasteiger partial charge in [-0.2, -0.15) is 0 Å². The summed E-state index contributed by atoms with van der Waals surface area (Å²) in [5.74, 6) is 0.824. The topological polar surface area (TPSA) is 76.7 Å². The van der Waals surface area contributed by atoms with E-state index in [4.69, 9.17) is 9.47 Å². The highest BCUT2D eigenvalue weighted by molar-refractivity contribution is 5.93. The highest BCUT2D eigenvalue weighted by Gasteiger charge is 2.11. The molecule has 0 spiro atoms. The van der Waals surface area contributed by atoms with E-state index in [0.717, 1.165) is 56.6 Å². The van der Waals surface area contributed by atoms with Crippen molar-refractivity contribution in [3.05, 3.63) is 64.3 Å². The molecule has 33 heavy (non-hydrogen) atoms. The molecule has 0 aliphatic carbocycles. The fraction of sp³-hybridized carbons (Fsp3) is 0.481. The maximum absolute atomic E-state index is 11.7. The molecule has 6 heteroatoms. The summed E-state index contributed by atoms with van der Waals surface area (Å²) in [7, 11) is 3.33. The summed E-state index contributed by atoms with van der Waals surface area (Å²) in [5, 5.41) is 5.37. The number of nitrogens with one attached hydrogen (secondary N) is 2. The number of carbonyl (C=O) groups is 2. The highest BCUT2D eigenvalue weighted by Crippen LogP contribution is 2.21. The molecule has 2 amide bonds. The summed E-state index contributed by atoms with van der Waals surface area (Å²) in [6, 6.07) is 8.50. The summed E-state index contributed by atoms with van der Waals surface area (Å²) in [4.78, 5) is 21.6. The van der Waals surface area contributed by atoms with E-state index in [-0.39, 0.29) is 5.91 Å². The molecular formula is C27H40N2O4. The lowest BCUT2D eigenvalue weighted by Gasteiger charge is -2.20. The maximum Gasteiger partial charge on any atom is 0.246 e. The molecule has 0 unspecified atom stereocenters. The molecule has 6 nitrogen and oxygen atoms in total. The van der Waals surface area contributed by atoms with E-state index < -0.39 is 0 Å². The highest BCUT2D eigenvalue weighted by atomic mass is 16.5. The zero-order chi connectivity index (χ0) is 24.6. The Hall–Kier alpha value is -2.86. The predicted octanol–water partition coefficient (Wildman–Crippen LogP) is 4.51. The lowest BCUT2D eigenvalue weighted by Crippen LogP contribution is -2.33. The molecule has 1 heterocycles. The Balaban J connectivity index is 0.000000502.